The van der Waals surface area contributed by atoms with Gasteiger partial charge in [-0.3, -0.25) is 0 Å². The van der Waals surface area contributed by atoms with Crippen molar-refractivity contribution in [2.45, 2.75) is 33.1 Å². The van der Waals surface area contributed by atoms with Gasteiger partial charge in [0.1, 0.15) is 0 Å². The first kappa shape index (κ1) is 21.9. The second kappa shape index (κ2) is 7.07. The average Bonchev–Trinajstić information content (AvgIpc) is 2.47. The smallest absolute Gasteiger partial charge is 1.00 e. The number of carbonyl (C=O) groups is 1. The number of halogens is 2. The molecule has 0 spiro atoms. The maximum atomic E-state index is 11.7. The maximum Gasteiger partial charge on any atom is 3.00 e. The van der Waals surface area contributed by atoms with Crippen molar-refractivity contribution in [1.82, 2.24) is 0 Å². The zero-order chi connectivity index (χ0) is 12.1. The first-order valence-electron chi connectivity index (χ1n) is 5.56. The molecule has 0 N–H and O–H groups in total. The summed E-state index contributed by atoms with van der Waals surface area (Å²) in [5.41, 5.74) is 0. The number of Topliss-reactive ketones (excluding diaryl/α,β-unsaturated/α-hetero) is 1. The molecule has 1 atom stereocenters. The van der Waals surface area contributed by atoms with Gasteiger partial charge in [-0.2, -0.15) is 5.20 Å². The Balaban J connectivity index is 0. The molecule has 1 radical (unpaired) electrons. The summed E-state index contributed by atoms with van der Waals surface area (Å²) >= 11 is 0. The third-order valence-electron chi connectivity index (χ3n) is 2.65. The molecule has 8 heteroatoms. The molecule has 1 aliphatic heterocycles. The average molecular weight is 372 g/mol. The summed E-state index contributed by atoms with van der Waals surface area (Å²) in [7, 11) is -3.63. The van der Waals surface area contributed by atoms with Crippen molar-refractivity contribution in [3.63, 3.8) is 0 Å². The molecule has 0 saturated carbocycles. The third-order valence-corrected chi connectivity index (χ3v) is 6.85. The van der Waals surface area contributed by atoms with E-state index in [1.54, 1.807) is 0 Å². The molecule has 1 heterocycles. The number of ketones is 1. The zero-order valence-corrected chi connectivity index (χ0v) is 16.8. The Bertz CT molecular complexity index is 432. The van der Waals surface area contributed by atoms with Crippen LogP contribution in [0.15, 0.2) is 16.2 Å². The maximum absolute atomic E-state index is 11.7. The summed E-state index contributed by atoms with van der Waals surface area (Å²) in [6.45, 7) is 11.0. The van der Waals surface area contributed by atoms with Gasteiger partial charge in [-0.05, 0) is 38.9 Å². The zero-order valence-electron chi connectivity index (χ0n) is 11.7. The van der Waals surface area contributed by atoms with Gasteiger partial charge in [0.2, 0.25) is 8.32 Å². The fourth-order valence-electron chi connectivity index (χ4n) is 1.99. The summed E-state index contributed by atoms with van der Waals surface area (Å²) in [4.78, 5) is 11.7. The summed E-state index contributed by atoms with van der Waals surface area (Å²) in [6, 6.07) is 0. The van der Waals surface area contributed by atoms with Crippen molar-refractivity contribution in [1.29, 1.82) is 0 Å². The van der Waals surface area contributed by atoms with Gasteiger partial charge in [0.05, 0.1) is 5.78 Å². The van der Waals surface area contributed by atoms with E-state index in [-0.39, 0.29) is 52.3 Å². The second-order valence-electron chi connectivity index (χ2n) is 5.21. The van der Waals surface area contributed by atoms with E-state index < -0.39 is 16.6 Å². The van der Waals surface area contributed by atoms with Gasteiger partial charge in [-0.1, -0.05) is 0 Å². The van der Waals surface area contributed by atoms with Crippen LogP contribution in [0, 0.1) is 6.08 Å². The van der Waals surface area contributed by atoms with Gasteiger partial charge in [0.15, 0.2) is 8.32 Å². The van der Waals surface area contributed by atoms with Crippen LogP contribution in [0.4, 0.5) is 0 Å². The summed E-state index contributed by atoms with van der Waals surface area (Å²) in [6.07, 6.45) is 2.88. The Kier molecular flexibility index (Phi) is 8.16. The van der Waals surface area contributed by atoms with Crippen LogP contribution < -0.4 is 24.8 Å². The van der Waals surface area contributed by atoms with E-state index in [4.69, 9.17) is 8.85 Å². The van der Waals surface area contributed by atoms with Crippen LogP contribution in [0.3, 0.4) is 0 Å². The SMILES string of the molecule is CCO[Si]1(C)C2=[C-]C(=O)C(O[Si](C)(C)C)=C21.[Cl-].[Cl-].[Ti+3]. The normalized spacial score (nSPS) is 23.6. The second-order valence-corrected chi connectivity index (χ2v) is 13.0. The molecule has 0 amide bonds. The van der Waals surface area contributed by atoms with E-state index in [1.807, 2.05) is 6.92 Å². The molecule has 1 saturated heterocycles. The predicted octanol–water partition coefficient (Wildman–Crippen LogP) is -3.89. The van der Waals surface area contributed by atoms with Crippen LogP contribution in [0.5, 0.6) is 0 Å². The Morgan fingerprint density at radius 2 is 1.79 bits per heavy atom. The fraction of sp³-hybridized carbons (Fsp3) is 0.545. The van der Waals surface area contributed by atoms with Crippen LogP contribution in [0.1, 0.15) is 6.92 Å². The number of hydrogen-bond donors (Lipinski definition) is 0. The minimum Gasteiger partial charge on any atom is -1.00 e. The van der Waals surface area contributed by atoms with E-state index in [0.717, 1.165) is 10.4 Å². The van der Waals surface area contributed by atoms with Gasteiger partial charge >= 0.3 is 21.7 Å². The molecule has 3 nitrogen and oxygen atoms in total. The largest absolute Gasteiger partial charge is 3.00 e. The molecule has 0 aromatic carbocycles. The molecule has 19 heavy (non-hydrogen) atoms. The van der Waals surface area contributed by atoms with Crippen molar-refractivity contribution >= 4 is 22.4 Å². The summed E-state index contributed by atoms with van der Waals surface area (Å²) < 4.78 is 11.6. The number of allylic oxidation sites excluding steroid dienone is 3. The van der Waals surface area contributed by atoms with E-state index >= 15 is 0 Å². The van der Waals surface area contributed by atoms with Crippen LogP contribution in [-0.4, -0.2) is 29.0 Å². The summed E-state index contributed by atoms with van der Waals surface area (Å²) in [5.74, 6) is 0.453. The van der Waals surface area contributed by atoms with Gasteiger partial charge in [0, 0.05) is 6.61 Å². The number of fused-ring (bicyclic) bond motifs is 1. The molecule has 1 aliphatic carbocycles. The number of carbonyl (C=O) groups excluding carboxylic acids is 1. The standard InChI is InChI=1S/C11H17O3Si2.2ClH.Ti/c1-6-13-16(5)9-7-8(12)10(11(9)16)14-15(2,3)4;;;/h6H2,1-5H3;2*1H;/q-1;;;+3/p-2. The van der Waals surface area contributed by atoms with Crippen molar-refractivity contribution in [3.8, 4) is 0 Å². The molecule has 2 rings (SSSR count). The van der Waals surface area contributed by atoms with Crippen molar-refractivity contribution in [2.75, 3.05) is 6.61 Å². The Morgan fingerprint density at radius 1 is 1.26 bits per heavy atom. The first-order chi connectivity index (χ1) is 7.29. The van der Waals surface area contributed by atoms with E-state index in [0.29, 0.717) is 12.4 Å². The van der Waals surface area contributed by atoms with Gasteiger partial charge in [0.25, 0.3) is 0 Å². The summed E-state index contributed by atoms with van der Waals surface area (Å²) in [5, 5.41) is 2.08. The van der Waals surface area contributed by atoms with E-state index in [9.17, 15) is 4.79 Å². The Hall–Kier alpha value is 0.638. The predicted molar refractivity (Wildman–Crippen MR) is 66.5 cm³/mol. The molecule has 0 aromatic heterocycles. The molecule has 105 valence electrons. The molecule has 0 aromatic rings. The van der Waals surface area contributed by atoms with Gasteiger partial charge < -0.3 is 38.5 Å². The molecule has 0 bridgehead atoms. The molecule has 1 unspecified atom stereocenters. The Labute approximate surface area is 144 Å². The third kappa shape index (κ3) is 4.06. The van der Waals surface area contributed by atoms with Crippen LogP contribution in [0.25, 0.3) is 0 Å². The minimum atomic E-state index is -1.90. The van der Waals surface area contributed by atoms with Gasteiger partial charge in [-0.25, -0.2) is 0 Å². The van der Waals surface area contributed by atoms with Crippen LogP contribution >= 0.6 is 0 Å². The monoisotopic (exact) mass is 371 g/mol. The first-order valence-corrected chi connectivity index (χ1v) is 11.4. The molecule has 1 fully saturated rings. The number of hydrogen-bond acceptors (Lipinski definition) is 3. The minimum absolute atomic E-state index is 0. The van der Waals surface area contributed by atoms with E-state index in [2.05, 4.69) is 32.3 Å². The van der Waals surface area contributed by atoms with Crippen LogP contribution in [-0.2, 0) is 35.4 Å². The number of rotatable bonds is 4. The van der Waals surface area contributed by atoms with Gasteiger partial charge in [-0.15, -0.1) is 11.3 Å². The van der Waals surface area contributed by atoms with Crippen molar-refractivity contribution < 1.29 is 60.2 Å². The Morgan fingerprint density at radius 3 is 2.21 bits per heavy atom. The molecular formula is C11H17Cl2O3Si2Ti. The quantitative estimate of drug-likeness (QED) is 0.374. The molecular weight excluding hydrogens is 355 g/mol. The van der Waals surface area contributed by atoms with Crippen molar-refractivity contribution in [3.05, 3.63) is 22.2 Å². The topological polar surface area (TPSA) is 35.5 Å². The van der Waals surface area contributed by atoms with Crippen molar-refractivity contribution in [2.24, 2.45) is 0 Å². The molecule has 2 aliphatic rings. The van der Waals surface area contributed by atoms with Crippen LogP contribution in [0.2, 0.25) is 26.2 Å². The van der Waals surface area contributed by atoms with E-state index in [1.165, 1.54) is 0 Å². The fourth-order valence-corrected chi connectivity index (χ4v) is 6.13.